The molecule has 2 aromatic rings. The lowest BCUT2D eigenvalue weighted by molar-refractivity contribution is -0.153. The molecule has 0 bridgehead atoms. The van der Waals surface area contributed by atoms with Gasteiger partial charge in [-0.3, -0.25) is 9.69 Å². The molecule has 4 nitrogen and oxygen atoms in total. The molecule has 124 valence electrons. The summed E-state index contributed by atoms with van der Waals surface area (Å²) in [7, 11) is 1.59. The topological polar surface area (TPSA) is 49.8 Å². The highest BCUT2D eigenvalue weighted by molar-refractivity contribution is 9.10. The van der Waals surface area contributed by atoms with Crippen LogP contribution < -0.4 is 9.64 Å². The van der Waals surface area contributed by atoms with Gasteiger partial charge in [-0.1, -0.05) is 34.1 Å². The lowest BCUT2D eigenvalue weighted by atomic mass is 9.75. The summed E-state index contributed by atoms with van der Waals surface area (Å²) >= 11 is 3.45. The van der Waals surface area contributed by atoms with E-state index in [-0.39, 0.29) is 12.3 Å². The lowest BCUT2D eigenvalue weighted by Gasteiger charge is -2.53. The molecule has 0 unspecified atom stereocenters. The van der Waals surface area contributed by atoms with E-state index in [0.29, 0.717) is 5.75 Å². The Balaban J connectivity index is 2.03. The molecule has 0 spiro atoms. The number of aliphatic hydroxyl groups is 1. The Hall–Kier alpha value is -2.11. The van der Waals surface area contributed by atoms with Gasteiger partial charge < -0.3 is 9.84 Å². The van der Waals surface area contributed by atoms with Crippen LogP contribution in [0.4, 0.5) is 5.69 Å². The van der Waals surface area contributed by atoms with Gasteiger partial charge in [0.05, 0.1) is 7.11 Å². The summed E-state index contributed by atoms with van der Waals surface area (Å²) in [6.45, 7) is 3.67. The van der Waals surface area contributed by atoms with Gasteiger partial charge in [0.25, 0.3) is 5.91 Å². The van der Waals surface area contributed by atoms with Crippen molar-refractivity contribution >= 4 is 27.5 Å². The van der Waals surface area contributed by atoms with Gasteiger partial charge in [-0.05, 0) is 42.0 Å². The highest BCUT2D eigenvalue weighted by Crippen LogP contribution is 2.48. The first-order valence-corrected chi connectivity index (χ1v) is 8.37. The van der Waals surface area contributed by atoms with Crippen molar-refractivity contribution in [3.63, 3.8) is 0 Å². The lowest BCUT2D eigenvalue weighted by Crippen LogP contribution is -2.68. The number of ether oxygens (including phenoxy) is 1. The smallest absolute Gasteiger partial charge is 0.262 e. The molecular weight excluding hydrogens is 370 g/mol. The van der Waals surface area contributed by atoms with Crippen LogP contribution in [0, 0.1) is 0 Å². The van der Waals surface area contributed by atoms with Gasteiger partial charge in [0.15, 0.2) is 5.60 Å². The number of benzene rings is 2. The fourth-order valence-corrected chi connectivity index (χ4v) is 3.54. The molecule has 3 rings (SSSR count). The van der Waals surface area contributed by atoms with E-state index in [4.69, 9.17) is 4.74 Å². The van der Waals surface area contributed by atoms with Gasteiger partial charge in [0, 0.05) is 16.6 Å². The van der Waals surface area contributed by atoms with Crippen LogP contribution >= 0.6 is 15.9 Å². The zero-order chi connectivity index (χ0) is 17.3. The summed E-state index contributed by atoms with van der Waals surface area (Å²) in [5, 5.41) is 10.9. The van der Waals surface area contributed by atoms with Gasteiger partial charge in [-0.2, -0.15) is 0 Å². The molecule has 2 aromatic carbocycles. The number of anilines is 1. The zero-order valence-corrected chi connectivity index (χ0v) is 14.9. The van der Waals surface area contributed by atoms with Crippen molar-refractivity contribution in [1.82, 2.24) is 0 Å². The van der Waals surface area contributed by atoms with E-state index in [0.717, 1.165) is 15.7 Å². The van der Waals surface area contributed by atoms with Crippen molar-refractivity contribution in [2.24, 2.45) is 0 Å². The zero-order valence-electron chi connectivity index (χ0n) is 13.3. The van der Waals surface area contributed by atoms with Crippen LogP contribution in [0.5, 0.6) is 5.75 Å². The summed E-state index contributed by atoms with van der Waals surface area (Å²) in [4.78, 5) is 14.3. The number of hydrogen-bond acceptors (Lipinski definition) is 3. The van der Waals surface area contributed by atoms with E-state index in [1.807, 2.05) is 36.4 Å². The molecule has 1 amide bonds. The van der Waals surface area contributed by atoms with Crippen molar-refractivity contribution in [1.29, 1.82) is 0 Å². The molecule has 1 aliphatic rings. The SMILES string of the molecule is C=CC[C@]1(O)C(=O)N(c2ccc(OC)cc2)[C@H]1c1cccc(Br)c1. The molecule has 0 aromatic heterocycles. The van der Waals surface area contributed by atoms with Crippen LogP contribution in [-0.2, 0) is 4.79 Å². The third kappa shape index (κ3) is 2.64. The number of carbonyl (C=O) groups excluding carboxylic acids is 1. The molecule has 0 aliphatic carbocycles. The molecule has 0 saturated carbocycles. The van der Waals surface area contributed by atoms with E-state index < -0.39 is 11.6 Å². The molecule has 1 saturated heterocycles. The molecular formula is C19H18BrNO3. The number of halogens is 1. The van der Waals surface area contributed by atoms with Crippen LogP contribution in [0.3, 0.4) is 0 Å². The summed E-state index contributed by atoms with van der Waals surface area (Å²) in [5.41, 5.74) is 0.117. The van der Waals surface area contributed by atoms with Crippen molar-refractivity contribution in [3.8, 4) is 5.75 Å². The van der Waals surface area contributed by atoms with Crippen LogP contribution in [-0.4, -0.2) is 23.7 Å². The van der Waals surface area contributed by atoms with E-state index in [9.17, 15) is 9.90 Å². The minimum atomic E-state index is -1.47. The van der Waals surface area contributed by atoms with E-state index in [2.05, 4.69) is 22.5 Å². The van der Waals surface area contributed by atoms with Crippen molar-refractivity contribution < 1.29 is 14.6 Å². The highest BCUT2D eigenvalue weighted by Gasteiger charge is 2.60. The highest BCUT2D eigenvalue weighted by atomic mass is 79.9. The fraction of sp³-hybridized carbons (Fsp3) is 0.211. The molecule has 1 aliphatic heterocycles. The second kappa shape index (κ2) is 6.42. The van der Waals surface area contributed by atoms with Crippen LogP contribution in [0.25, 0.3) is 0 Å². The van der Waals surface area contributed by atoms with E-state index >= 15 is 0 Å². The fourth-order valence-electron chi connectivity index (χ4n) is 3.12. The largest absolute Gasteiger partial charge is 0.497 e. The second-order valence-electron chi connectivity index (χ2n) is 5.75. The number of β-lactam (4-membered cyclic amide) rings is 1. The number of nitrogens with zero attached hydrogens (tertiary/aromatic N) is 1. The number of amides is 1. The molecule has 24 heavy (non-hydrogen) atoms. The van der Waals surface area contributed by atoms with Gasteiger partial charge in [0.1, 0.15) is 11.8 Å². The second-order valence-corrected chi connectivity index (χ2v) is 6.66. The number of methoxy groups -OCH3 is 1. The standard InChI is InChI=1S/C19H18BrNO3/c1-3-11-19(23)17(13-5-4-6-14(20)12-13)21(18(19)22)15-7-9-16(24-2)10-8-15/h3-10,12,17,23H,1,11H2,2H3/t17-,19+/m0/s1. The molecule has 1 N–H and O–H groups in total. The van der Waals surface area contributed by atoms with Crippen molar-refractivity contribution in [3.05, 3.63) is 71.2 Å². The summed E-state index contributed by atoms with van der Waals surface area (Å²) in [6.07, 6.45) is 1.78. The third-order valence-electron chi connectivity index (χ3n) is 4.27. The first-order chi connectivity index (χ1) is 11.5. The molecule has 5 heteroatoms. The Morgan fingerprint density at radius 1 is 1.33 bits per heavy atom. The maximum Gasteiger partial charge on any atom is 0.262 e. The third-order valence-corrected chi connectivity index (χ3v) is 4.76. The van der Waals surface area contributed by atoms with Crippen LogP contribution in [0.15, 0.2) is 65.7 Å². The van der Waals surface area contributed by atoms with Crippen LogP contribution in [0.1, 0.15) is 18.0 Å². The molecule has 0 radical (unpaired) electrons. The first-order valence-electron chi connectivity index (χ1n) is 7.57. The van der Waals surface area contributed by atoms with Gasteiger partial charge in [-0.25, -0.2) is 0 Å². The Morgan fingerprint density at radius 3 is 2.62 bits per heavy atom. The first kappa shape index (κ1) is 16.7. The predicted molar refractivity (Wildman–Crippen MR) is 97.1 cm³/mol. The monoisotopic (exact) mass is 387 g/mol. The predicted octanol–water partition coefficient (Wildman–Crippen LogP) is 3.85. The van der Waals surface area contributed by atoms with Crippen molar-refractivity contribution in [2.45, 2.75) is 18.1 Å². The summed E-state index contributed by atoms with van der Waals surface area (Å²) < 4.78 is 6.06. The number of carbonyl (C=O) groups is 1. The van der Waals surface area contributed by atoms with E-state index in [1.165, 1.54) is 0 Å². The Labute approximate surface area is 149 Å². The maximum absolute atomic E-state index is 12.7. The van der Waals surface area contributed by atoms with E-state index in [1.54, 1.807) is 30.2 Å². The quantitative estimate of drug-likeness (QED) is 0.625. The van der Waals surface area contributed by atoms with Gasteiger partial charge in [-0.15, -0.1) is 6.58 Å². The van der Waals surface area contributed by atoms with Crippen molar-refractivity contribution in [2.75, 3.05) is 12.0 Å². The molecule has 1 heterocycles. The molecule has 1 fully saturated rings. The van der Waals surface area contributed by atoms with Crippen LogP contribution in [0.2, 0.25) is 0 Å². The van der Waals surface area contributed by atoms with Gasteiger partial charge >= 0.3 is 0 Å². The minimum Gasteiger partial charge on any atom is -0.497 e. The Morgan fingerprint density at radius 2 is 2.04 bits per heavy atom. The Bertz CT molecular complexity index is 774. The summed E-state index contributed by atoms with van der Waals surface area (Å²) in [6, 6.07) is 14.4. The molecule has 2 atom stereocenters. The summed E-state index contributed by atoms with van der Waals surface area (Å²) in [5.74, 6) is 0.393. The minimum absolute atomic E-state index is 0.204. The average Bonchev–Trinajstić information content (AvgIpc) is 2.59. The number of hydrogen-bond donors (Lipinski definition) is 1. The number of rotatable bonds is 5. The average molecular weight is 388 g/mol. The van der Waals surface area contributed by atoms with Gasteiger partial charge in [0.2, 0.25) is 0 Å². The normalized spacial score (nSPS) is 22.9. The Kier molecular flexibility index (Phi) is 4.47. The maximum atomic E-state index is 12.7.